The van der Waals surface area contributed by atoms with Crippen LogP contribution >= 0.6 is 34.7 Å². The van der Waals surface area contributed by atoms with E-state index in [2.05, 4.69) is 10.2 Å². The summed E-state index contributed by atoms with van der Waals surface area (Å²) in [7, 11) is 0. The topological polar surface area (TPSA) is 111 Å². The number of rotatable bonds is 13. The van der Waals surface area contributed by atoms with Gasteiger partial charge >= 0.3 is 5.91 Å². The molecule has 1 aliphatic rings. The summed E-state index contributed by atoms with van der Waals surface area (Å²) in [5.74, 6) is 0.184. The average molecular weight is 666 g/mol. The Morgan fingerprint density at radius 3 is 2.40 bits per heavy atom. The number of ketones is 1. The summed E-state index contributed by atoms with van der Waals surface area (Å²) in [6, 6.07) is 18.5. The van der Waals surface area contributed by atoms with E-state index in [1.54, 1.807) is 42.5 Å². The Hall–Kier alpha value is -4.06. The fraction of sp³-hybridized carbons (Fsp3) is 0.273. The van der Waals surface area contributed by atoms with Gasteiger partial charge in [-0.05, 0) is 73.9 Å². The van der Waals surface area contributed by atoms with Crippen LogP contribution in [0.1, 0.15) is 49.9 Å². The van der Waals surface area contributed by atoms with Crippen LogP contribution in [0.5, 0.6) is 17.2 Å². The maximum atomic E-state index is 13.7. The standard InChI is InChI=1S/C33H32ClN3O6S2/c1-4-17-43-23-14-11-20(12-15-23)29(38)27-28(21-13-16-25(41-5-2)26(18-21)42-6-3)37(31(40)30(27)39)32-35-36-33(45-32)44-19-22-9-7-8-10-24(22)34/h7-16,18,28,38H,4-6,17,19H2,1-3H3. The van der Waals surface area contributed by atoms with Crippen molar-refractivity contribution in [1.29, 1.82) is 0 Å². The van der Waals surface area contributed by atoms with Crippen molar-refractivity contribution in [3.8, 4) is 17.2 Å². The number of nitrogens with zero attached hydrogens (tertiary/aromatic N) is 3. The van der Waals surface area contributed by atoms with Crippen LogP contribution in [0, 0.1) is 0 Å². The number of amides is 1. The molecule has 2 heterocycles. The predicted octanol–water partition coefficient (Wildman–Crippen LogP) is 7.70. The largest absolute Gasteiger partial charge is 0.507 e. The zero-order valence-corrected chi connectivity index (χ0v) is 27.4. The van der Waals surface area contributed by atoms with Crippen LogP contribution in [0.25, 0.3) is 5.76 Å². The summed E-state index contributed by atoms with van der Waals surface area (Å²) in [5.41, 5.74) is 1.76. The number of aliphatic hydroxyl groups excluding tert-OH is 1. The number of benzene rings is 3. The summed E-state index contributed by atoms with van der Waals surface area (Å²) in [6.07, 6.45) is 0.850. The van der Waals surface area contributed by atoms with Crippen LogP contribution in [-0.4, -0.2) is 46.8 Å². The number of halogens is 1. The molecule has 234 valence electrons. The summed E-state index contributed by atoms with van der Waals surface area (Å²) >= 11 is 8.92. The van der Waals surface area contributed by atoms with E-state index in [-0.39, 0.29) is 16.5 Å². The summed E-state index contributed by atoms with van der Waals surface area (Å²) in [6.45, 7) is 7.08. The summed E-state index contributed by atoms with van der Waals surface area (Å²) in [5, 5.41) is 21.0. The van der Waals surface area contributed by atoms with E-state index in [0.717, 1.165) is 12.0 Å². The van der Waals surface area contributed by atoms with Crippen LogP contribution in [0.4, 0.5) is 5.13 Å². The average Bonchev–Trinajstić information content (AvgIpc) is 3.62. The van der Waals surface area contributed by atoms with Gasteiger partial charge in [0, 0.05) is 16.3 Å². The van der Waals surface area contributed by atoms with E-state index < -0.39 is 17.7 Å². The second kappa shape index (κ2) is 14.8. The number of hydrogen-bond acceptors (Lipinski definition) is 10. The SMILES string of the molecule is CCCOc1ccc(C(O)=C2C(=O)C(=O)N(c3nnc(SCc4ccccc4Cl)s3)C2c2ccc(OCC)c(OCC)c2)cc1. The molecule has 0 saturated carbocycles. The molecule has 1 unspecified atom stereocenters. The predicted molar refractivity (Wildman–Crippen MR) is 177 cm³/mol. The Bertz CT molecular complexity index is 1710. The third-order valence-electron chi connectivity index (χ3n) is 6.84. The highest BCUT2D eigenvalue weighted by Gasteiger charge is 2.48. The number of aromatic nitrogens is 2. The molecule has 1 atom stereocenters. The van der Waals surface area contributed by atoms with E-state index in [9.17, 15) is 14.7 Å². The Balaban J connectivity index is 1.57. The second-order valence-corrected chi connectivity index (χ2v) is 12.4. The molecule has 1 aliphatic heterocycles. The number of hydrogen-bond donors (Lipinski definition) is 1. The number of anilines is 1. The first-order valence-corrected chi connectivity index (χ1v) is 16.7. The fourth-order valence-corrected chi connectivity index (χ4v) is 6.93. The molecular formula is C33H32ClN3O6S2. The zero-order chi connectivity index (χ0) is 31.9. The van der Waals surface area contributed by atoms with Gasteiger partial charge in [0.25, 0.3) is 5.78 Å². The van der Waals surface area contributed by atoms with Crippen LogP contribution in [0.15, 0.2) is 76.6 Å². The molecule has 3 aromatic carbocycles. The van der Waals surface area contributed by atoms with E-state index in [0.29, 0.717) is 63.3 Å². The smallest absolute Gasteiger partial charge is 0.301 e. The molecule has 12 heteroatoms. The minimum absolute atomic E-state index is 0.0747. The van der Waals surface area contributed by atoms with Gasteiger partial charge in [0.1, 0.15) is 11.5 Å². The van der Waals surface area contributed by atoms with Gasteiger partial charge in [-0.2, -0.15) is 0 Å². The van der Waals surface area contributed by atoms with E-state index in [1.807, 2.05) is 45.0 Å². The summed E-state index contributed by atoms with van der Waals surface area (Å²) < 4.78 is 17.9. The van der Waals surface area contributed by atoms with Gasteiger partial charge in [-0.3, -0.25) is 14.5 Å². The molecule has 0 bridgehead atoms. The van der Waals surface area contributed by atoms with Crippen LogP contribution in [0.2, 0.25) is 5.02 Å². The molecule has 4 aromatic rings. The molecule has 1 aromatic heterocycles. The Morgan fingerprint density at radius 1 is 0.956 bits per heavy atom. The maximum absolute atomic E-state index is 13.7. The molecular weight excluding hydrogens is 634 g/mol. The van der Waals surface area contributed by atoms with Gasteiger partial charge in [0.2, 0.25) is 5.13 Å². The molecule has 0 spiro atoms. The van der Waals surface area contributed by atoms with E-state index in [1.165, 1.54) is 28.0 Å². The molecule has 1 saturated heterocycles. The zero-order valence-electron chi connectivity index (χ0n) is 25.0. The van der Waals surface area contributed by atoms with Gasteiger partial charge in [0.15, 0.2) is 15.8 Å². The number of aliphatic hydroxyl groups is 1. The first-order valence-electron chi connectivity index (χ1n) is 14.5. The Kier molecular flexibility index (Phi) is 10.6. The monoisotopic (exact) mass is 665 g/mol. The Labute approximate surface area is 274 Å². The van der Waals surface area contributed by atoms with Gasteiger partial charge in [-0.15, -0.1) is 10.2 Å². The lowest BCUT2D eigenvalue weighted by atomic mass is 9.95. The lowest BCUT2D eigenvalue weighted by molar-refractivity contribution is -0.132. The van der Waals surface area contributed by atoms with E-state index >= 15 is 0 Å². The van der Waals surface area contributed by atoms with Crippen LogP contribution in [0.3, 0.4) is 0 Å². The third kappa shape index (κ3) is 7.11. The molecule has 0 aliphatic carbocycles. The van der Waals surface area contributed by atoms with Crippen LogP contribution < -0.4 is 19.1 Å². The van der Waals surface area contributed by atoms with Gasteiger partial charge in [-0.25, -0.2) is 0 Å². The van der Waals surface area contributed by atoms with Crippen molar-refractivity contribution in [3.63, 3.8) is 0 Å². The maximum Gasteiger partial charge on any atom is 0.301 e. The van der Waals surface area contributed by atoms with Gasteiger partial charge < -0.3 is 19.3 Å². The van der Waals surface area contributed by atoms with Crippen molar-refractivity contribution in [2.75, 3.05) is 24.7 Å². The number of carbonyl (C=O) groups excluding carboxylic acids is 2. The van der Waals surface area contributed by atoms with Crippen molar-refractivity contribution in [2.24, 2.45) is 0 Å². The molecule has 1 amide bonds. The number of thioether (sulfide) groups is 1. The minimum atomic E-state index is -1.01. The number of carbonyl (C=O) groups is 2. The summed E-state index contributed by atoms with van der Waals surface area (Å²) in [4.78, 5) is 28.7. The number of ether oxygens (including phenoxy) is 3. The fourth-order valence-electron chi connectivity index (χ4n) is 4.78. The minimum Gasteiger partial charge on any atom is -0.507 e. The quantitative estimate of drug-likeness (QED) is 0.0505. The molecule has 45 heavy (non-hydrogen) atoms. The highest BCUT2D eigenvalue weighted by atomic mass is 35.5. The first-order chi connectivity index (χ1) is 21.9. The number of Topliss-reactive ketones (excluding diaryl/α,β-unsaturated/α-hetero) is 1. The highest BCUT2D eigenvalue weighted by Crippen LogP contribution is 2.46. The van der Waals surface area contributed by atoms with Crippen molar-refractivity contribution in [2.45, 2.75) is 43.3 Å². The van der Waals surface area contributed by atoms with Crippen molar-refractivity contribution < 1.29 is 28.9 Å². The first kappa shape index (κ1) is 32.3. The van der Waals surface area contributed by atoms with E-state index in [4.69, 9.17) is 25.8 Å². The lowest BCUT2D eigenvalue weighted by Gasteiger charge is -2.23. The molecule has 9 nitrogen and oxygen atoms in total. The highest BCUT2D eigenvalue weighted by molar-refractivity contribution is 8.00. The second-order valence-electron chi connectivity index (χ2n) is 9.84. The van der Waals surface area contributed by atoms with Gasteiger partial charge in [-0.1, -0.05) is 65.9 Å². The molecule has 0 radical (unpaired) electrons. The van der Waals surface area contributed by atoms with Crippen molar-refractivity contribution in [3.05, 3.63) is 94.0 Å². The van der Waals surface area contributed by atoms with Crippen molar-refractivity contribution >= 4 is 57.3 Å². The Morgan fingerprint density at radius 2 is 1.69 bits per heavy atom. The van der Waals surface area contributed by atoms with Gasteiger partial charge in [0.05, 0.1) is 31.4 Å². The third-order valence-corrected chi connectivity index (χ3v) is 9.31. The normalized spacial score (nSPS) is 15.8. The molecule has 1 fully saturated rings. The molecule has 1 N–H and O–H groups in total. The molecule has 5 rings (SSSR count). The van der Waals surface area contributed by atoms with Crippen LogP contribution in [-0.2, 0) is 15.3 Å². The van der Waals surface area contributed by atoms with Crippen molar-refractivity contribution in [1.82, 2.24) is 10.2 Å². The lowest BCUT2D eigenvalue weighted by Crippen LogP contribution is -2.29.